The zero-order chi connectivity index (χ0) is 38.5. The number of nitriles is 1. The maximum absolute atomic E-state index is 9.73. The van der Waals surface area contributed by atoms with E-state index in [1.165, 1.54) is 97.7 Å². The van der Waals surface area contributed by atoms with Gasteiger partial charge in [-0.05, 0) is 150 Å². The van der Waals surface area contributed by atoms with Gasteiger partial charge < -0.3 is 0 Å². The molecule has 12 rings (SSSR count). The van der Waals surface area contributed by atoms with E-state index in [4.69, 9.17) is 6.57 Å². The van der Waals surface area contributed by atoms with Crippen molar-refractivity contribution in [2.45, 2.75) is 0 Å². The highest BCUT2D eigenvalue weighted by Gasteiger charge is 2.27. The van der Waals surface area contributed by atoms with Crippen molar-refractivity contribution < 1.29 is 0 Å². The Morgan fingerprint density at radius 3 is 1.64 bits per heavy atom. The molecule has 12 aromatic rings. The Balaban J connectivity index is 1.26. The van der Waals surface area contributed by atoms with Gasteiger partial charge in [0.25, 0.3) is 0 Å². The molecule has 0 atom stereocenters. The third-order valence-corrected chi connectivity index (χ3v) is 12.3. The molecule has 0 unspecified atom stereocenters. The quantitative estimate of drug-likeness (QED) is 0.131. The van der Waals surface area contributed by atoms with Crippen molar-refractivity contribution in [2.24, 2.45) is 0 Å². The number of rotatable bonds is 4. The Morgan fingerprint density at radius 2 is 0.897 bits per heavy atom. The number of nitrogens with zero attached hydrogens (tertiary/aromatic N) is 2. The van der Waals surface area contributed by atoms with Crippen LogP contribution in [0.3, 0.4) is 0 Å². The third kappa shape index (κ3) is 4.46. The van der Waals surface area contributed by atoms with E-state index in [0.29, 0.717) is 11.3 Å². The molecule has 2 nitrogen and oxygen atoms in total. The molecule has 0 heterocycles. The van der Waals surface area contributed by atoms with Gasteiger partial charge in [0.05, 0.1) is 12.6 Å². The van der Waals surface area contributed by atoms with Crippen LogP contribution >= 0.6 is 0 Å². The number of benzene rings is 10. The van der Waals surface area contributed by atoms with Crippen molar-refractivity contribution in [3.8, 4) is 50.6 Å². The predicted octanol–water partition coefficient (Wildman–Crippen LogP) is 15.7. The fraction of sp³-hybridized carbons (Fsp3) is 0. The van der Waals surface area contributed by atoms with Crippen molar-refractivity contribution >= 4 is 81.1 Å². The van der Waals surface area contributed by atoms with Crippen LogP contribution in [-0.2, 0) is 0 Å². The molecule has 12 aromatic carbocycles. The fourth-order valence-corrected chi connectivity index (χ4v) is 10.0. The topological polar surface area (TPSA) is 28.1 Å². The second-order valence-corrected chi connectivity index (χ2v) is 15.3. The average molecular weight is 731 g/mol. The lowest BCUT2D eigenvalue weighted by Gasteiger charge is -2.19. The lowest BCUT2D eigenvalue weighted by Crippen LogP contribution is -1.91. The van der Waals surface area contributed by atoms with E-state index < -0.39 is 0 Å². The summed E-state index contributed by atoms with van der Waals surface area (Å²) in [6.45, 7) is 7.64. The van der Waals surface area contributed by atoms with Crippen LogP contribution < -0.4 is 0 Å². The molecule has 0 aliphatic heterocycles. The second kappa shape index (κ2) is 12.2. The van der Waals surface area contributed by atoms with Gasteiger partial charge in [-0.2, -0.15) is 5.26 Å². The van der Waals surface area contributed by atoms with E-state index in [2.05, 4.69) is 175 Å². The molecule has 0 aliphatic carbocycles. The number of hydrogen-bond donors (Lipinski definition) is 0. The molecular weight excluding hydrogens is 701 g/mol. The Labute approximate surface area is 334 Å². The smallest absolute Gasteiger partial charge is 0.189 e. The van der Waals surface area contributed by atoms with Gasteiger partial charge in [-0.1, -0.05) is 152 Å². The van der Waals surface area contributed by atoms with E-state index in [-0.39, 0.29) is 0 Å². The van der Waals surface area contributed by atoms with E-state index in [9.17, 15) is 5.26 Å². The summed E-state index contributed by atoms with van der Waals surface area (Å²) in [6, 6.07) is 67.7. The highest BCUT2D eigenvalue weighted by molar-refractivity contribution is 6.45. The maximum atomic E-state index is 9.73. The van der Waals surface area contributed by atoms with E-state index in [1.807, 2.05) is 12.1 Å². The minimum Gasteiger partial charge on any atom is -0.238 e. The highest BCUT2D eigenvalue weighted by atomic mass is 14.6. The summed E-state index contributed by atoms with van der Waals surface area (Å²) in [5, 5.41) is 27.6. The molecule has 0 fully saturated rings. The first-order chi connectivity index (χ1) is 28.7. The third-order valence-electron chi connectivity index (χ3n) is 12.3. The molecule has 0 spiro atoms. The van der Waals surface area contributed by atoms with Crippen LogP contribution in [0.1, 0.15) is 5.56 Å². The molecule has 264 valence electrons. The molecule has 58 heavy (non-hydrogen) atoms. The van der Waals surface area contributed by atoms with Gasteiger partial charge in [-0.3, -0.25) is 0 Å². The van der Waals surface area contributed by atoms with Crippen LogP contribution in [0.15, 0.2) is 182 Å². The molecule has 0 saturated carbocycles. The normalized spacial score (nSPS) is 11.8. The summed E-state index contributed by atoms with van der Waals surface area (Å²) >= 11 is 0. The van der Waals surface area contributed by atoms with Crippen molar-refractivity contribution in [3.05, 3.63) is 199 Å². The molecule has 2 heteroatoms. The van der Waals surface area contributed by atoms with Crippen molar-refractivity contribution in [3.63, 3.8) is 0 Å². The predicted molar refractivity (Wildman–Crippen MR) is 244 cm³/mol. The zero-order valence-electron chi connectivity index (χ0n) is 31.2. The van der Waals surface area contributed by atoms with Gasteiger partial charge in [-0.15, -0.1) is 0 Å². The summed E-state index contributed by atoms with van der Waals surface area (Å²) in [5.41, 5.74) is 9.95. The van der Waals surface area contributed by atoms with E-state index in [1.54, 1.807) is 6.07 Å². The highest BCUT2D eigenvalue weighted by Crippen LogP contribution is 2.55. The van der Waals surface area contributed by atoms with Gasteiger partial charge >= 0.3 is 0 Å². The fourth-order valence-electron chi connectivity index (χ4n) is 10.0. The molecular formula is C56H30N2. The molecule has 0 saturated heterocycles. The molecule has 0 amide bonds. The van der Waals surface area contributed by atoms with Crippen LogP contribution in [0, 0.1) is 17.9 Å². The molecule has 0 aliphatic rings. The Bertz CT molecular complexity index is 3700. The molecule has 0 bridgehead atoms. The first kappa shape index (κ1) is 32.2. The second-order valence-electron chi connectivity index (χ2n) is 15.3. The van der Waals surface area contributed by atoms with Crippen LogP contribution in [0.25, 0.3) is 125 Å². The monoisotopic (exact) mass is 730 g/mol. The van der Waals surface area contributed by atoms with E-state index >= 15 is 0 Å². The number of hydrogen-bond acceptors (Lipinski definition) is 1. The number of fused-ring (bicyclic) bond motifs is 8. The molecule has 0 aromatic heterocycles. The Kier molecular flexibility index (Phi) is 6.80. The lowest BCUT2D eigenvalue weighted by atomic mass is 9.84. The zero-order valence-corrected chi connectivity index (χ0v) is 31.2. The minimum atomic E-state index is 0.463. The molecule has 0 N–H and O–H groups in total. The van der Waals surface area contributed by atoms with Gasteiger partial charge in [0.15, 0.2) is 5.69 Å². The summed E-state index contributed by atoms with van der Waals surface area (Å²) in [4.78, 5) is 3.65. The summed E-state index contributed by atoms with van der Waals surface area (Å²) < 4.78 is 0. The van der Waals surface area contributed by atoms with Gasteiger partial charge in [0.1, 0.15) is 0 Å². The Morgan fingerprint density at radius 1 is 0.345 bits per heavy atom. The van der Waals surface area contributed by atoms with Crippen LogP contribution in [0.2, 0.25) is 0 Å². The summed E-state index contributed by atoms with van der Waals surface area (Å²) in [5.74, 6) is 0. The average Bonchev–Trinajstić information content (AvgIpc) is 3.80. The Hall–Kier alpha value is -8.04. The van der Waals surface area contributed by atoms with Gasteiger partial charge in [0.2, 0.25) is 0 Å². The van der Waals surface area contributed by atoms with Crippen molar-refractivity contribution in [1.82, 2.24) is 0 Å². The first-order valence-electron chi connectivity index (χ1n) is 19.6. The van der Waals surface area contributed by atoms with Crippen LogP contribution in [-0.4, -0.2) is 0 Å². The summed E-state index contributed by atoms with van der Waals surface area (Å²) in [6.07, 6.45) is 0. The largest absolute Gasteiger partial charge is 0.238 e. The minimum absolute atomic E-state index is 0.463. The lowest BCUT2D eigenvalue weighted by molar-refractivity contribution is 1.48. The van der Waals surface area contributed by atoms with Crippen molar-refractivity contribution in [1.29, 1.82) is 5.26 Å². The van der Waals surface area contributed by atoms with E-state index in [0.717, 1.165) is 22.3 Å². The standard InChI is InChI=1S/C56H30N2/c1-58-39-28-33(32-57)27-38(30-39)36-17-10-18-37(29-36)40-25-26-47-52-43(40)21-11-24-46(52)56-51(35-15-6-3-7-16-35)54-45-23-12-22-44-41-19-8-9-20-42(41)48(53(44)45)31-49(54)50(55(47)56)34-13-4-2-5-14-34/h2-31H. The van der Waals surface area contributed by atoms with Crippen molar-refractivity contribution in [2.75, 3.05) is 0 Å². The SMILES string of the molecule is [C-]#[N+]c1cc(C#N)cc(-c2cccc(-c3ccc4c5c(-c6ccccc6)c6cc7c8ccccc8c8cccc(c6c(-c6ccccc6)c5c5cccc3c45)c87)c2)c1. The maximum Gasteiger partial charge on any atom is 0.189 e. The first-order valence-corrected chi connectivity index (χ1v) is 19.6. The molecule has 0 radical (unpaired) electrons. The summed E-state index contributed by atoms with van der Waals surface area (Å²) in [7, 11) is 0. The van der Waals surface area contributed by atoms with Crippen LogP contribution in [0.4, 0.5) is 5.69 Å². The van der Waals surface area contributed by atoms with Crippen LogP contribution in [0.5, 0.6) is 0 Å². The van der Waals surface area contributed by atoms with Gasteiger partial charge in [0, 0.05) is 5.56 Å². The van der Waals surface area contributed by atoms with Gasteiger partial charge in [-0.25, -0.2) is 4.85 Å².